The van der Waals surface area contributed by atoms with Crippen molar-refractivity contribution in [3.8, 4) is 16.2 Å². The van der Waals surface area contributed by atoms with E-state index in [9.17, 15) is 14.7 Å². The summed E-state index contributed by atoms with van der Waals surface area (Å²) in [5.74, 6) is -1.75. The van der Waals surface area contributed by atoms with E-state index >= 15 is 0 Å². The molecule has 150 valence electrons. The molecule has 0 bridgehead atoms. The molecule has 0 radical (unpaired) electrons. The molecule has 0 aliphatic rings. The zero-order valence-electron chi connectivity index (χ0n) is 14.6. The number of hydrogen-bond acceptors (Lipinski definition) is 4. The van der Waals surface area contributed by atoms with Gasteiger partial charge in [0.05, 0.1) is 33.3 Å². The van der Waals surface area contributed by atoms with Gasteiger partial charge in [0.15, 0.2) is 5.75 Å². The van der Waals surface area contributed by atoms with Crippen molar-refractivity contribution >= 4 is 79.6 Å². The van der Waals surface area contributed by atoms with E-state index in [1.165, 1.54) is 24.5 Å². The van der Waals surface area contributed by atoms with Crippen molar-refractivity contribution in [2.75, 3.05) is 12.4 Å². The molecule has 0 aliphatic heterocycles. The third-order valence-corrected chi connectivity index (χ3v) is 6.63. The second-order valence-corrected chi connectivity index (χ2v) is 8.65. The lowest BCUT2D eigenvalue weighted by molar-refractivity contribution is 0.0699. The van der Waals surface area contributed by atoms with Gasteiger partial charge in [-0.15, -0.1) is 11.3 Å². The van der Waals surface area contributed by atoms with Gasteiger partial charge in [-0.1, -0.05) is 62.9 Å². The predicted octanol–water partition coefficient (Wildman–Crippen LogP) is 7.10. The van der Waals surface area contributed by atoms with Crippen molar-refractivity contribution in [2.45, 2.75) is 0 Å². The first-order valence-corrected chi connectivity index (χ1v) is 10.7. The highest BCUT2D eigenvalue weighted by molar-refractivity contribution is 9.10. The fourth-order valence-corrected chi connectivity index (χ4v) is 4.64. The van der Waals surface area contributed by atoms with Gasteiger partial charge in [-0.2, -0.15) is 0 Å². The minimum absolute atomic E-state index is 0.00523. The van der Waals surface area contributed by atoms with E-state index in [0.29, 0.717) is 10.4 Å². The van der Waals surface area contributed by atoms with Gasteiger partial charge >= 0.3 is 5.97 Å². The first-order chi connectivity index (χ1) is 13.7. The number of carboxylic acids is 1. The average molecular weight is 536 g/mol. The minimum Gasteiger partial charge on any atom is -0.494 e. The van der Waals surface area contributed by atoms with Gasteiger partial charge in [0, 0.05) is 9.85 Å². The zero-order valence-corrected chi connectivity index (χ0v) is 19.2. The lowest BCUT2D eigenvalue weighted by Gasteiger charge is -2.12. The van der Waals surface area contributed by atoms with Crippen LogP contribution in [0.25, 0.3) is 10.4 Å². The van der Waals surface area contributed by atoms with Crippen molar-refractivity contribution in [2.24, 2.45) is 0 Å². The van der Waals surface area contributed by atoms with Gasteiger partial charge < -0.3 is 15.2 Å². The average Bonchev–Trinajstić information content (AvgIpc) is 3.09. The Kier molecular flexibility index (Phi) is 6.76. The van der Waals surface area contributed by atoms with E-state index in [4.69, 9.17) is 39.5 Å². The standard InChI is InChI=1S/C19H11BrCl3NO4S/c1-28-16-14(22)10(6-11(21)15(16)23)18(25)24-12-7-29-17(13(12)19(26)27)8-2-4-9(20)5-3-8/h2-7H,1H3,(H,24,25)(H,26,27). The Labute approximate surface area is 193 Å². The van der Waals surface area contributed by atoms with Crippen molar-refractivity contribution in [3.63, 3.8) is 0 Å². The quantitative estimate of drug-likeness (QED) is 0.342. The summed E-state index contributed by atoms with van der Waals surface area (Å²) in [5.41, 5.74) is 0.844. The van der Waals surface area contributed by atoms with Gasteiger partial charge in [0.1, 0.15) is 10.6 Å². The largest absolute Gasteiger partial charge is 0.494 e. The number of amides is 1. The fraction of sp³-hybridized carbons (Fsp3) is 0.0526. The minimum atomic E-state index is -1.17. The number of carbonyl (C=O) groups is 2. The molecule has 3 aromatic rings. The van der Waals surface area contributed by atoms with E-state index in [1.54, 1.807) is 29.6 Å². The van der Waals surface area contributed by atoms with E-state index in [-0.39, 0.29) is 37.6 Å². The summed E-state index contributed by atoms with van der Waals surface area (Å²) in [6, 6.07) is 8.48. The second kappa shape index (κ2) is 8.93. The molecule has 0 saturated carbocycles. The fourth-order valence-electron chi connectivity index (χ4n) is 2.59. The number of carbonyl (C=O) groups excluding carboxylic acids is 1. The van der Waals surface area contributed by atoms with Crippen LogP contribution in [0, 0.1) is 0 Å². The number of carboxylic acid groups (broad SMARTS) is 1. The Hall–Kier alpha value is -1.77. The smallest absolute Gasteiger partial charge is 0.339 e. The maximum absolute atomic E-state index is 12.8. The Bertz CT molecular complexity index is 1120. The third kappa shape index (κ3) is 4.39. The molecular formula is C19H11BrCl3NO4S. The summed E-state index contributed by atoms with van der Waals surface area (Å²) < 4.78 is 5.97. The summed E-state index contributed by atoms with van der Waals surface area (Å²) >= 11 is 22.8. The second-order valence-electron chi connectivity index (χ2n) is 5.69. The highest BCUT2D eigenvalue weighted by Gasteiger charge is 2.24. The van der Waals surface area contributed by atoms with Crippen LogP contribution in [0.4, 0.5) is 5.69 Å². The molecule has 1 amide bonds. The third-order valence-electron chi connectivity index (χ3n) is 3.92. The van der Waals surface area contributed by atoms with Crippen molar-refractivity contribution in [3.05, 3.63) is 66.4 Å². The molecule has 3 rings (SSSR count). The van der Waals surface area contributed by atoms with Gasteiger partial charge in [0.2, 0.25) is 0 Å². The number of hydrogen-bond donors (Lipinski definition) is 2. The summed E-state index contributed by atoms with van der Waals surface area (Å²) in [6.07, 6.45) is 0. The molecule has 0 fully saturated rings. The zero-order chi connectivity index (χ0) is 21.3. The summed E-state index contributed by atoms with van der Waals surface area (Å²) in [4.78, 5) is 25.2. The molecule has 1 heterocycles. The number of halogens is 4. The molecule has 10 heteroatoms. The van der Waals surface area contributed by atoms with Gasteiger partial charge in [-0.05, 0) is 23.8 Å². The molecule has 2 aromatic carbocycles. The molecule has 29 heavy (non-hydrogen) atoms. The van der Waals surface area contributed by atoms with Crippen molar-refractivity contribution in [1.82, 2.24) is 0 Å². The van der Waals surface area contributed by atoms with Crippen LogP contribution in [0.3, 0.4) is 0 Å². The van der Waals surface area contributed by atoms with Gasteiger partial charge in [0.25, 0.3) is 5.91 Å². The lowest BCUT2D eigenvalue weighted by atomic mass is 10.1. The first-order valence-electron chi connectivity index (χ1n) is 7.88. The van der Waals surface area contributed by atoms with Crippen LogP contribution in [0.15, 0.2) is 40.2 Å². The molecule has 1 aromatic heterocycles. The van der Waals surface area contributed by atoms with E-state index < -0.39 is 11.9 Å². The number of aromatic carboxylic acids is 1. The van der Waals surface area contributed by atoms with Crippen LogP contribution >= 0.6 is 62.1 Å². The van der Waals surface area contributed by atoms with Gasteiger partial charge in [-0.25, -0.2) is 4.79 Å². The van der Waals surface area contributed by atoms with Crippen molar-refractivity contribution in [1.29, 1.82) is 0 Å². The monoisotopic (exact) mass is 533 g/mol. The Morgan fingerprint density at radius 3 is 2.38 bits per heavy atom. The number of methoxy groups -OCH3 is 1. The normalized spacial score (nSPS) is 10.7. The number of anilines is 1. The molecule has 5 nitrogen and oxygen atoms in total. The Morgan fingerprint density at radius 1 is 1.14 bits per heavy atom. The summed E-state index contributed by atoms with van der Waals surface area (Å²) in [6.45, 7) is 0. The first kappa shape index (κ1) is 21.9. The molecule has 0 spiro atoms. The van der Waals surface area contributed by atoms with E-state index in [0.717, 1.165) is 4.47 Å². The molecule has 0 aliphatic carbocycles. The highest BCUT2D eigenvalue weighted by Crippen LogP contribution is 2.41. The number of nitrogens with one attached hydrogen (secondary N) is 1. The number of thiophene rings is 1. The molecule has 0 atom stereocenters. The van der Waals surface area contributed by atoms with Crippen LogP contribution in [-0.2, 0) is 0 Å². The number of benzene rings is 2. The molecular weight excluding hydrogens is 525 g/mol. The number of rotatable bonds is 5. The SMILES string of the molecule is COc1c(Cl)c(Cl)cc(C(=O)Nc2csc(-c3ccc(Br)cc3)c2C(=O)O)c1Cl. The maximum atomic E-state index is 12.8. The lowest BCUT2D eigenvalue weighted by Crippen LogP contribution is -2.15. The molecule has 0 unspecified atom stereocenters. The maximum Gasteiger partial charge on any atom is 0.339 e. The van der Waals surface area contributed by atoms with E-state index in [1.807, 2.05) is 0 Å². The highest BCUT2D eigenvalue weighted by atomic mass is 79.9. The van der Waals surface area contributed by atoms with Crippen LogP contribution in [0.2, 0.25) is 15.1 Å². The van der Waals surface area contributed by atoms with Crippen LogP contribution in [0.1, 0.15) is 20.7 Å². The number of ether oxygens (including phenoxy) is 1. The summed E-state index contributed by atoms with van der Waals surface area (Å²) in [5, 5.41) is 14.0. The molecule has 2 N–H and O–H groups in total. The Balaban J connectivity index is 2.01. The van der Waals surface area contributed by atoms with Crippen LogP contribution in [0.5, 0.6) is 5.75 Å². The summed E-state index contributed by atoms with van der Waals surface area (Å²) in [7, 11) is 1.34. The Morgan fingerprint density at radius 2 is 1.79 bits per heavy atom. The molecule has 0 saturated heterocycles. The van der Waals surface area contributed by atoms with Crippen molar-refractivity contribution < 1.29 is 19.4 Å². The van der Waals surface area contributed by atoms with Gasteiger partial charge in [-0.3, -0.25) is 4.79 Å². The van der Waals surface area contributed by atoms with E-state index in [2.05, 4.69) is 21.2 Å². The van der Waals surface area contributed by atoms with Crippen LogP contribution in [-0.4, -0.2) is 24.1 Å². The predicted molar refractivity (Wildman–Crippen MR) is 120 cm³/mol. The topological polar surface area (TPSA) is 75.6 Å². The van der Waals surface area contributed by atoms with Crippen LogP contribution < -0.4 is 10.1 Å².